The topological polar surface area (TPSA) is 52.0 Å². The average molecular weight is 491 g/mol. The van der Waals surface area contributed by atoms with Gasteiger partial charge in [0.15, 0.2) is 0 Å². The molecule has 4 rings (SSSR count). The molecule has 0 aliphatic heterocycles. The molecule has 4 aromatic rings. The van der Waals surface area contributed by atoms with Gasteiger partial charge in [0.2, 0.25) is 0 Å². The summed E-state index contributed by atoms with van der Waals surface area (Å²) in [7, 11) is 0. The Morgan fingerprint density at radius 1 is 0.432 bits per heavy atom. The Kier molecular flexibility index (Phi) is 9.43. The zero-order valence-corrected chi connectivity index (χ0v) is 22.6. The first kappa shape index (κ1) is 26.5. The number of anilines is 2. The molecule has 0 amide bonds. The molecule has 0 aliphatic carbocycles. The van der Waals surface area contributed by atoms with E-state index < -0.39 is 0 Å². The van der Waals surface area contributed by atoms with Crippen molar-refractivity contribution in [3.05, 3.63) is 129 Å². The van der Waals surface area contributed by atoms with Crippen LogP contribution < -0.4 is 11.5 Å². The molecular weight excluding hydrogens is 448 g/mol. The highest BCUT2D eigenvalue weighted by atomic mass is 14.5. The second kappa shape index (κ2) is 13.1. The maximum atomic E-state index is 5.81. The van der Waals surface area contributed by atoms with Crippen molar-refractivity contribution in [1.29, 1.82) is 0 Å². The smallest absolute Gasteiger partial charge is 0.0314 e. The van der Waals surface area contributed by atoms with E-state index in [-0.39, 0.29) is 0 Å². The van der Waals surface area contributed by atoms with Crippen LogP contribution in [-0.4, -0.2) is 0 Å². The highest BCUT2D eigenvalue weighted by Gasteiger charge is 2.05. The molecule has 4 aromatic carbocycles. The van der Waals surface area contributed by atoms with Gasteiger partial charge in [0.25, 0.3) is 0 Å². The van der Waals surface area contributed by atoms with Crippen LogP contribution in [0.15, 0.2) is 84.9 Å². The van der Waals surface area contributed by atoms with Gasteiger partial charge in [-0.1, -0.05) is 79.9 Å². The Morgan fingerprint density at radius 2 is 0.784 bits per heavy atom. The summed E-state index contributed by atoms with van der Waals surface area (Å²) in [6, 6.07) is 30.5. The maximum absolute atomic E-state index is 5.81. The highest BCUT2D eigenvalue weighted by molar-refractivity contribution is 5.43. The Morgan fingerprint density at radius 3 is 1.16 bits per heavy atom. The lowest BCUT2D eigenvalue weighted by Crippen LogP contribution is -1.96. The fourth-order valence-electron chi connectivity index (χ4n) is 5.12. The molecule has 0 spiro atoms. The lowest BCUT2D eigenvalue weighted by atomic mass is 9.95. The first-order valence-electron chi connectivity index (χ1n) is 13.8. The van der Waals surface area contributed by atoms with Gasteiger partial charge in [0.1, 0.15) is 0 Å². The molecule has 0 bridgehead atoms. The first-order valence-corrected chi connectivity index (χ1v) is 13.8. The van der Waals surface area contributed by atoms with Gasteiger partial charge in [0.05, 0.1) is 0 Å². The summed E-state index contributed by atoms with van der Waals surface area (Å²) in [5, 5.41) is 0. The summed E-state index contributed by atoms with van der Waals surface area (Å²) in [4.78, 5) is 0. The summed E-state index contributed by atoms with van der Waals surface area (Å²) in [6.45, 7) is 4.48. The molecule has 2 nitrogen and oxygen atoms in total. The van der Waals surface area contributed by atoms with E-state index >= 15 is 0 Å². The SMILES string of the molecule is Cc1cc(CCCCCCCc2ccc(Cc3ccc(N)cc3)c(C)c2)ccc1Cc1ccc(N)cc1. The molecule has 0 saturated carbocycles. The van der Waals surface area contributed by atoms with Gasteiger partial charge < -0.3 is 11.5 Å². The summed E-state index contributed by atoms with van der Waals surface area (Å²) >= 11 is 0. The minimum atomic E-state index is 0.825. The number of hydrogen-bond donors (Lipinski definition) is 2. The summed E-state index contributed by atoms with van der Waals surface area (Å²) in [5.41, 5.74) is 24.4. The minimum Gasteiger partial charge on any atom is -0.399 e. The van der Waals surface area contributed by atoms with Crippen LogP contribution in [-0.2, 0) is 25.7 Å². The van der Waals surface area contributed by atoms with E-state index in [0.717, 1.165) is 24.2 Å². The van der Waals surface area contributed by atoms with Crippen molar-refractivity contribution in [2.75, 3.05) is 11.5 Å². The molecule has 0 unspecified atom stereocenters. The molecule has 0 fully saturated rings. The van der Waals surface area contributed by atoms with E-state index in [9.17, 15) is 0 Å². The molecule has 37 heavy (non-hydrogen) atoms. The van der Waals surface area contributed by atoms with Crippen LogP contribution in [0.5, 0.6) is 0 Å². The normalized spacial score (nSPS) is 11.1. The molecular formula is C35H42N2. The van der Waals surface area contributed by atoms with Gasteiger partial charge in [-0.25, -0.2) is 0 Å². The van der Waals surface area contributed by atoms with Gasteiger partial charge in [-0.15, -0.1) is 0 Å². The summed E-state index contributed by atoms with van der Waals surface area (Å²) in [6.07, 6.45) is 10.8. The Hall–Kier alpha value is -3.52. The van der Waals surface area contributed by atoms with Crippen LogP contribution in [0.3, 0.4) is 0 Å². The van der Waals surface area contributed by atoms with E-state index in [2.05, 4.69) is 74.5 Å². The second-order valence-corrected chi connectivity index (χ2v) is 10.6. The van der Waals surface area contributed by atoms with Crippen molar-refractivity contribution in [2.24, 2.45) is 0 Å². The number of unbranched alkanes of at least 4 members (excludes halogenated alkanes) is 4. The van der Waals surface area contributed by atoms with Crippen molar-refractivity contribution in [2.45, 2.75) is 71.6 Å². The van der Waals surface area contributed by atoms with Gasteiger partial charge in [-0.05, 0) is 121 Å². The van der Waals surface area contributed by atoms with E-state index in [1.54, 1.807) is 0 Å². The van der Waals surface area contributed by atoms with Crippen molar-refractivity contribution < 1.29 is 0 Å². The number of hydrogen-bond acceptors (Lipinski definition) is 2. The number of nitrogens with two attached hydrogens (primary N) is 2. The van der Waals surface area contributed by atoms with Crippen molar-refractivity contribution in [3.8, 4) is 0 Å². The molecule has 2 heteroatoms. The van der Waals surface area contributed by atoms with E-state index in [4.69, 9.17) is 11.5 Å². The zero-order valence-electron chi connectivity index (χ0n) is 22.6. The van der Waals surface area contributed by atoms with E-state index in [1.165, 1.54) is 89.5 Å². The van der Waals surface area contributed by atoms with Gasteiger partial charge >= 0.3 is 0 Å². The van der Waals surface area contributed by atoms with E-state index in [1.807, 2.05) is 24.3 Å². The van der Waals surface area contributed by atoms with Crippen molar-refractivity contribution >= 4 is 11.4 Å². The second-order valence-electron chi connectivity index (χ2n) is 10.6. The van der Waals surface area contributed by atoms with Crippen LogP contribution in [0.4, 0.5) is 11.4 Å². The third-order valence-electron chi connectivity index (χ3n) is 7.49. The number of benzene rings is 4. The zero-order chi connectivity index (χ0) is 26.0. The Balaban J connectivity index is 1.13. The summed E-state index contributed by atoms with van der Waals surface area (Å²) < 4.78 is 0. The number of rotatable bonds is 12. The number of nitrogen functional groups attached to an aromatic ring is 2. The monoisotopic (exact) mass is 490 g/mol. The molecule has 0 aromatic heterocycles. The number of aryl methyl sites for hydroxylation is 4. The van der Waals surface area contributed by atoms with Gasteiger partial charge in [-0.3, -0.25) is 0 Å². The third-order valence-corrected chi connectivity index (χ3v) is 7.49. The van der Waals surface area contributed by atoms with Crippen molar-refractivity contribution in [3.63, 3.8) is 0 Å². The fourth-order valence-corrected chi connectivity index (χ4v) is 5.12. The van der Waals surface area contributed by atoms with Crippen LogP contribution >= 0.6 is 0 Å². The summed E-state index contributed by atoms with van der Waals surface area (Å²) in [5.74, 6) is 0. The molecule has 0 saturated heterocycles. The minimum absolute atomic E-state index is 0.825. The molecule has 0 atom stereocenters. The lowest BCUT2D eigenvalue weighted by molar-refractivity contribution is 0.613. The Bertz CT molecular complexity index is 1170. The van der Waals surface area contributed by atoms with Gasteiger partial charge in [0, 0.05) is 11.4 Å². The Labute approximate surface area is 223 Å². The lowest BCUT2D eigenvalue weighted by Gasteiger charge is -2.10. The molecule has 4 N–H and O–H groups in total. The van der Waals surface area contributed by atoms with Crippen LogP contribution in [0.2, 0.25) is 0 Å². The highest BCUT2D eigenvalue weighted by Crippen LogP contribution is 2.20. The van der Waals surface area contributed by atoms with Crippen LogP contribution in [0.25, 0.3) is 0 Å². The predicted molar refractivity (Wildman–Crippen MR) is 160 cm³/mol. The van der Waals surface area contributed by atoms with Crippen LogP contribution in [0.1, 0.15) is 76.6 Å². The quantitative estimate of drug-likeness (QED) is 0.155. The van der Waals surface area contributed by atoms with E-state index in [0.29, 0.717) is 0 Å². The molecule has 192 valence electrons. The molecule has 0 aliphatic rings. The molecule has 0 radical (unpaired) electrons. The molecule has 0 heterocycles. The average Bonchev–Trinajstić information content (AvgIpc) is 2.89. The van der Waals surface area contributed by atoms with Crippen molar-refractivity contribution in [1.82, 2.24) is 0 Å². The van der Waals surface area contributed by atoms with Crippen LogP contribution in [0, 0.1) is 13.8 Å². The first-order chi connectivity index (χ1) is 18.0. The predicted octanol–water partition coefficient (Wildman–Crippen LogP) is 8.39. The maximum Gasteiger partial charge on any atom is 0.0314 e. The third kappa shape index (κ3) is 8.25. The largest absolute Gasteiger partial charge is 0.399 e. The van der Waals surface area contributed by atoms with Gasteiger partial charge in [-0.2, -0.15) is 0 Å². The standard InChI is InChI=1S/C35H42N2/c1-26-22-28(10-16-32(26)24-30-12-18-34(36)19-13-30)8-6-4-3-5-7-9-29-11-17-33(27(2)23-29)25-31-14-20-35(37)21-15-31/h10-23H,3-9,24-25,36-37H2,1-2H3. The fraction of sp³-hybridized carbons (Fsp3) is 0.314.